The van der Waals surface area contributed by atoms with Crippen molar-refractivity contribution in [3.63, 3.8) is 0 Å². The highest BCUT2D eigenvalue weighted by molar-refractivity contribution is 5.95. The summed E-state index contributed by atoms with van der Waals surface area (Å²) in [6.07, 6.45) is 0. The molecule has 126 valence electrons. The molecule has 1 aliphatic rings. The van der Waals surface area contributed by atoms with Gasteiger partial charge in [-0.2, -0.15) is 0 Å². The smallest absolute Gasteiger partial charge is 0.251 e. The fourth-order valence-corrected chi connectivity index (χ4v) is 2.29. The van der Waals surface area contributed by atoms with Crippen LogP contribution in [0.1, 0.15) is 31.1 Å². The third kappa shape index (κ3) is 5.56. The molecule has 1 heterocycles. The molecule has 0 atom stereocenters. The molecule has 23 heavy (non-hydrogen) atoms. The first kappa shape index (κ1) is 17.3. The second-order valence-electron chi connectivity index (χ2n) is 6.63. The van der Waals surface area contributed by atoms with E-state index in [1.165, 1.54) is 0 Å². The summed E-state index contributed by atoms with van der Waals surface area (Å²) in [6.45, 7) is 8.48. The lowest BCUT2D eigenvalue weighted by molar-refractivity contribution is -0.133. The normalized spacial score (nSPS) is 15.2. The van der Waals surface area contributed by atoms with Crippen LogP contribution < -0.4 is 10.6 Å². The summed E-state index contributed by atoms with van der Waals surface area (Å²) in [5.41, 5.74) is 1.05. The third-order valence-corrected chi connectivity index (χ3v) is 3.42. The second-order valence-corrected chi connectivity index (χ2v) is 6.63. The van der Waals surface area contributed by atoms with E-state index in [0.29, 0.717) is 31.9 Å². The van der Waals surface area contributed by atoms with Gasteiger partial charge in [-0.25, -0.2) is 0 Å². The van der Waals surface area contributed by atoms with Gasteiger partial charge >= 0.3 is 0 Å². The van der Waals surface area contributed by atoms with Crippen LogP contribution in [-0.4, -0.2) is 55.1 Å². The van der Waals surface area contributed by atoms with Gasteiger partial charge in [0.1, 0.15) is 0 Å². The van der Waals surface area contributed by atoms with Crippen molar-refractivity contribution >= 4 is 17.5 Å². The predicted octanol–water partition coefficient (Wildman–Crippen LogP) is 1.49. The van der Waals surface area contributed by atoms with E-state index in [0.717, 1.165) is 5.69 Å². The van der Waals surface area contributed by atoms with Gasteiger partial charge in [-0.1, -0.05) is 6.07 Å². The molecule has 1 aliphatic heterocycles. The number of hydrogen-bond donors (Lipinski definition) is 2. The molecule has 2 N–H and O–H groups in total. The molecule has 1 aromatic rings. The van der Waals surface area contributed by atoms with Crippen LogP contribution in [0.25, 0.3) is 0 Å². The number of amides is 2. The van der Waals surface area contributed by atoms with E-state index in [4.69, 9.17) is 4.74 Å². The largest absolute Gasteiger partial charge is 0.378 e. The summed E-state index contributed by atoms with van der Waals surface area (Å²) >= 11 is 0. The topological polar surface area (TPSA) is 70.7 Å². The Bertz CT molecular complexity index is 560. The SMILES string of the molecule is CC(C)(C)NC(=O)c1cccc(NCC(=O)N2CCOCC2)c1. The zero-order valence-electron chi connectivity index (χ0n) is 14.0. The summed E-state index contributed by atoms with van der Waals surface area (Å²) in [5.74, 6) is -0.0847. The van der Waals surface area contributed by atoms with Gasteiger partial charge < -0.3 is 20.3 Å². The van der Waals surface area contributed by atoms with Crippen molar-refractivity contribution < 1.29 is 14.3 Å². The molecule has 2 rings (SSSR count). The Morgan fingerprint density at radius 3 is 2.57 bits per heavy atom. The fraction of sp³-hybridized carbons (Fsp3) is 0.529. The van der Waals surface area contributed by atoms with Crippen molar-refractivity contribution in [2.45, 2.75) is 26.3 Å². The van der Waals surface area contributed by atoms with Crippen molar-refractivity contribution in [2.24, 2.45) is 0 Å². The Balaban J connectivity index is 1.92. The summed E-state index contributed by atoms with van der Waals surface area (Å²) in [5, 5.41) is 6.01. The molecule has 0 aliphatic carbocycles. The number of morpholine rings is 1. The minimum absolute atomic E-state index is 0.0397. The van der Waals surface area contributed by atoms with Crippen molar-refractivity contribution in [3.8, 4) is 0 Å². The van der Waals surface area contributed by atoms with E-state index < -0.39 is 0 Å². The average molecular weight is 319 g/mol. The van der Waals surface area contributed by atoms with Crippen LogP contribution in [0.3, 0.4) is 0 Å². The Kier molecular flexibility index (Phi) is 5.60. The number of nitrogens with one attached hydrogen (secondary N) is 2. The first-order valence-corrected chi connectivity index (χ1v) is 7.87. The lowest BCUT2D eigenvalue weighted by Crippen LogP contribution is -2.43. The van der Waals surface area contributed by atoms with E-state index >= 15 is 0 Å². The number of anilines is 1. The molecule has 0 aromatic heterocycles. The molecule has 0 spiro atoms. The van der Waals surface area contributed by atoms with Crippen molar-refractivity contribution in [3.05, 3.63) is 29.8 Å². The van der Waals surface area contributed by atoms with Crippen LogP contribution in [0.2, 0.25) is 0 Å². The molecule has 1 aromatic carbocycles. The van der Waals surface area contributed by atoms with E-state index in [1.807, 2.05) is 26.8 Å². The third-order valence-electron chi connectivity index (χ3n) is 3.42. The molecule has 1 saturated heterocycles. The van der Waals surface area contributed by atoms with Crippen LogP contribution in [0.4, 0.5) is 5.69 Å². The molecule has 0 radical (unpaired) electrons. The number of carbonyl (C=O) groups excluding carboxylic acids is 2. The van der Waals surface area contributed by atoms with Gasteiger partial charge in [0.2, 0.25) is 5.91 Å². The Hall–Kier alpha value is -2.08. The molecule has 6 nitrogen and oxygen atoms in total. The molecule has 0 bridgehead atoms. The highest BCUT2D eigenvalue weighted by Crippen LogP contribution is 2.12. The van der Waals surface area contributed by atoms with Gasteiger partial charge in [-0.05, 0) is 39.0 Å². The molecule has 2 amide bonds. The molecule has 1 fully saturated rings. The second kappa shape index (κ2) is 7.46. The molecule has 0 unspecified atom stereocenters. The number of nitrogens with zero attached hydrogens (tertiary/aromatic N) is 1. The van der Waals surface area contributed by atoms with Crippen LogP contribution in [0, 0.1) is 0 Å². The van der Waals surface area contributed by atoms with E-state index in [9.17, 15) is 9.59 Å². The zero-order chi connectivity index (χ0) is 16.9. The Morgan fingerprint density at radius 1 is 1.22 bits per heavy atom. The van der Waals surface area contributed by atoms with Crippen LogP contribution in [-0.2, 0) is 9.53 Å². The maximum atomic E-state index is 12.2. The quantitative estimate of drug-likeness (QED) is 0.882. The monoisotopic (exact) mass is 319 g/mol. The summed E-state index contributed by atoms with van der Waals surface area (Å²) in [6, 6.07) is 7.17. The first-order valence-electron chi connectivity index (χ1n) is 7.87. The van der Waals surface area contributed by atoms with Crippen LogP contribution in [0.15, 0.2) is 24.3 Å². The summed E-state index contributed by atoms with van der Waals surface area (Å²) in [7, 11) is 0. The molecule has 6 heteroatoms. The van der Waals surface area contributed by atoms with Gasteiger partial charge in [0.25, 0.3) is 5.91 Å². The van der Waals surface area contributed by atoms with Crippen LogP contribution >= 0.6 is 0 Å². The number of rotatable bonds is 4. The van der Waals surface area contributed by atoms with E-state index in [1.54, 1.807) is 23.1 Å². The standard InChI is InChI=1S/C17H25N3O3/c1-17(2,3)19-16(22)13-5-4-6-14(11-13)18-12-15(21)20-7-9-23-10-8-20/h4-6,11,18H,7-10,12H2,1-3H3,(H,19,22). The van der Waals surface area contributed by atoms with Crippen molar-refractivity contribution in [2.75, 3.05) is 38.2 Å². The molecule has 0 saturated carbocycles. The predicted molar refractivity (Wildman–Crippen MR) is 89.5 cm³/mol. The van der Waals surface area contributed by atoms with Crippen LogP contribution in [0.5, 0.6) is 0 Å². The maximum absolute atomic E-state index is 12.2. The maximum Gasteiger partial charge on any atom is 0.251 e. The number of hydrogen-bond acceptors (Lipinski definition) is 4. The first-order chi connectivity index (χ1) is 10.8. The minimum atomic E-state index is -0.285. The van der Waals surface area contributed by atoms with Gasteiger partial charge in [-0.15, -0.1) is 0 Å². The molecular weight excluding hydrogens is 294 g/mol. The molecular formula is C17H25N3O3. The Labute approximate surface area is 137 Å². The van der Waals surface area contributed by atoms with E-state index in [2.05, 4.69) is 10.6 Å². The fourth-order valence-electron chi connectivity index (χ4n) is 2.29. The lowest BCUT2D eigenvalue weighted by Gasteiger charge is -2.27. The van der Waals surface area contributed by atoms with Gasteiger partial charge in [0.15, 0.2) is 0 Å². The lowest BCUT2D eigenvalue weighted by atomic mass is 10.1. The highest BCUT2D eigenvalue weighted by atomic mass is 16.5. The number of carbonyl (C=O) groups is 2. The number of ether oxygens (including phenoxy) is 1. The van der Waals surface area contributed by atoms with Crippen molar-refractivity contribution in [1.82, 2.24) is 10.2 Å². The minimum Gasteiger partial charge on any atom is -0.378 e. The average Bonchev–Trinajstić information content (AvgIpc) is 2.52. The van der Waals surface area contributed by atoms with Gasteiger partial charge in [0.05, 0.1) is 19.8 Å². The van der Waals surface area contributed by atoms with Crippen molar-refractivity contribution in [1.29, 1.82) is 0 Å². The van der Waals surface area contributed by atoms with E-state index in [-0.39, 0.29) is 23.9 Å². The van der Waals surface area contributed by atoms with Gasteiger partial charge in [-0.3, -0.25) is 9.59 Å². The number of benzene rings is 1. The Morgan fingerprint density at radius 2 is 1.91 bits per heavy atom. The van der Waals surface area contributed by atoms with Gasteiger partial charge in [0, 0.05) is 29.9 Å². The highest BCUT2D eigenvalue weighted by Gasteiger charge is 2.17. The summed E-state index contributed by atoms with van der Waals surface area (Å²) < 4.78 is 5.24. The zero-order valence-corrected chi connectivity index (χ0v) is 14.0. The summed E-state index contributed by atoms with van der Waals surface area (Å²) in [4.78, 5) is 26.1.